The van der Waals surface area contributed by atoms with Gasteiger partial charge in [-0.2, -0.15) is 4.98 Å². The van der Waals surface area contributed by atoms with E-state index in [1.807, 2.05) is 4.57 Å². The smallest absolute Gasteiger partial charge is 0.348 e. The van der Waals surface area contributed by atoms with Gasteiger partial charge in [0.25, 0.3) is 0 Å². The highest BCUT2D eigenvalue weighted by Gasteiger charge is 2.24. The third-order valence-corrected chi connectivity index (χ3v) is 5.85. The van der Waals surface area contributed by atoms with Crippen molar-refractivity contribution in [1.82, 2.24) is 14.9 Å². The number of aromatic nitrogens is 2. The molecule has 1 aromatic heterocycles. The predicted octanol–water partition coefficient (Wildman–Crippen LogP) is 1.16. The molecular weight excluding hydrogens is 354 g/mol. The number of rotatable bonds is 8. The van der Waals surface area contributed by atoms with E-state index in [0.717, 1.165) is 61.4 Å². The first-order valence-electron chi connectivity index (χ1n) is 9.31. The summed E-state index contributed by atoms with van der Waals surface area (Å²) in [7, 11) is 1.60. The van der Waals surface area contributed by atoms with Crippen molar-refractivity contribution in [2.24, 2.45) is 0 Å². The molecule has 2 aliphatic rings. The van der Waals surface area contributed by atoms with Gasteiger partial charge >= 0.3 is 5.69 Å². The van der Waals surface area contributed by atoms with Gasteiger partial charge in [0.15, 0.2) is 0 Å². The van der Waals surface area contributed by atoms with Crippen molar-refractivity contribution < 1.29 is 14.3 Å². The van der Waals surface area contributed by atoms with E-state index < -0.39 is 0 Å². The van der Waals surface area contributed by atoms with Crippen molar-refractivity contribution >= 4 is 17.7 Å². The van der Waals surface area contributed by atoms with Gasteiger partial charge in [-0.1, -0.05) is 11.8 Å². The number of hydrogen-bond donors (Lipinski definition) is 1. The SMILES string of the molecule is COCCNC(=O)CSc1nc(=O)n(CC2CCCO2)c2c1CCCC2. The van der Waals surface area contributed by atoms with E-state index in [9.17, 15) is 9.59 Å². The molecule has 1 atom stereocenters. The lowest BCUT2D eigenvalue weighted by Crippen LogP contribution is -2.34. The van der Waals surface area contributed by atoms with Crippen molar-refractivity contribution in [2.75, 3.05) is 32.6 Å². The number of thioether (sulfide) groups is 1. The zero-order valence-electron chi connectivity index (χ0n) is 15.3. The predicted molar refractivity (Wildman–Crippen MR) is 99.7 cm³/mol. The lowest BCUT2D eigenvalue weighted by Gasteiger charge is -2.24. The fourth-order valence-electron chi connectivity index (χ4n) is 3.52. The number of ether oxygens (including phenoxy) is 2. The Bertz CT molecular complexity index is 686. The lowest BCUT2D eigenvalue weighted by atomic mass is 9.97. The number of nitrogens with zero attached hydrogens (tertiary/aromatic N) is 2. The molecule has 1 aliphatic carbocycles. The molecule has 3 rings (SSSR count). The second-order valence-corrected chi connectivity index (χ2v) is 7.67. The molecule has 1 aliphatic heterocycles. The first kappa shape index (κ1) is 19.4. The molecule has 0 spiro atoms. The highest BCUT2D eigenvalue weighted by Crippen LogP contribution is 2.29. The summed E-state index contributed by atoms with van der Waals surface area (Å²) in [6.45, 7) is 2.35. The standard InChI is InChI=1S/C18H27N3O4S/c1-24-10-8-19-16(22)12-26-17-14-6-2-3-7-15(14)21(18(23)20-17)11-13-5-4-9-25-13/h13H,2-12H2,1H3,(H,19,22). The van der Waals surface area contributed by atoms with E-state index in [1.54, 1.807) is 7.11 Å². The Labute approximate surface area is 157 Å². The van der Waals surface area contributed by atoms with Crippen molar-refractivity contribution in [1.29, 1.82) is 0 Å². The van der Waals surface area contributed by atoms with Crippen LogP contribution in [-0.4, -0.2) is 54.2 Å². The normalized spacial score (nSPS) is 19.3. The highest BCUT2D eigenvalue weighted by molar-refractivity contribution is 7.99. The van der Waals surface area contributed by atoms with Crippen LogP contribution in [0.25, 0.3) is 0 Å². The number of carbonyl (C=O) groups excluding carboxylic acids is 1. The second-order valence-electron chi connectivity index (χ2n) is 6.71. The highest BCUT2D eigenvalue weighted by atomic mass is 32.2. The number of carbonyl (C=O) groups is 1. The number of methoxy groups -OCH3 is 1. The monoisotopic (exact) mass is 381 g/mol. The first-order chi connectivity index (χ1) is 12.7. The molecular formula is C18H27N3O4S. The molecule has 7 nitrogen and oxygen atoms in total. The summed E-state index contributed by atoms with van der Waals surface area (Å²) in [6.07, 6.45) is 6.17. The maximum atomic E-state index is 12.6. The maximum Gasteiger partial charge on any atom is 0.348 e. The molecule has 0 saturated carbocycles. The third kappa shape index (κ3) is 4.86. The van der Waals surface area contributed by atoms with Crippen LogP contribution >= 0.6 is 11.8 Å². The molecule has 0 bridgehead atoms. The van der Waals surface area contributed by atoms with E-state index in [-0.39, 0.29) is 23.5 Å². The van der Waals surface area contributed by atoms with Crippen LogP contribution in [-0.2, 0) is 33.7 Å². The summed E-state index contributed by atoms with van der Waals surface area (Å²) in [4.78, 5) is 28.9. The number of fused-ring (bicyclic) bond motifs is 1. The topological polar surface area (TPSA) is 82.5 Å². The molecule has 0 radical (unpaired) electrons. The summed E-state index contributed by atoms with van der Waals surface area (Å²) >= 11 is 1.36. The average molecular weight is 381 g/mol. The first-order valence-corrected chi connectivity index (χ1v) is 10.3. The molecule has 8 heteroatoms. The van der Waals surface area contributed by atoms with Crippen LogP contribution in [0.2, 0.25) is 0 Å². The Morgan fingerprint density at radius 3 is 3.00 bits per heavy atom. The van der Waals surface area contributed by atoms with Crippen LogP contribution in [0.4, 0.5) is 0 Å². The molecule has 144 valence electrons. The third-order valence-electron chi connectivity index (χ3n) is 4.83. The van der Waals surface area contributed by atoms with Gasteiger partial charge in [-0.3, -0.25) is 9.36 Å². The lowest BCUT2D eigenvalue weighted by molar-refractivity contribution is -0.118. The van der Waals surface area contributed by atoms with Crippen LogP contribution in [0.1, 0.15) is 36.9 Å². The van der Waals surface area contributed by atoms with E-state index in [4.69, 9.17) is 9.47 Å². The van der Waals surface area contributed by atoms with E-state index in [0.29, 0.717) is 19.7 Å². The van der Waals surface area contributed by atoms with Crippen LogP contribution in [0.3, 0.4) is 0 Å². The fraction of sp³-hybridized carbons (Fsp3) is 0.722. The van der Waals surface area contributed by atoms with Crippen LogP contribution in [0, 0.1) is 0 Å². The molecule has 1 N–H and O–H groups in total. The van der Waals surface area contributed by atoms with Gasteiger partial charge in [-0.05, 0) is 38.5 Å². The summed E-state index contributed by atoms with van der Waals surface area (Å²) in [5, 5.41) is 3.51. The Morgan fingerprint density at radius 1 is 1.38 bits per heavy atom. The van der Waals surface area contributed by atoms with Gasteiger partial charge in [-0.15, -0.1) is 0 Å². The fourth-order valence-corrected chi connectivity index (χ4v) is 4.43. The Kier molecular flexibility index (Phi) is 7.10. The minimum atomic E-state index is -0.219. The minimum Gasteiger partial charge on any atom is -0.383 e. The van der Waals surface area contributed by atoms with E-state index in [2.05, 4.69) is 10.3 Å². The second kappa shape index (κ2) is 9.53. The molecule has 1 aromatic rings. The number of nitrogens with one attached hydrogen (secondary N) is 1. The zero-order chi connectivity index (χ0) is 18.4. The van der Waals surface area contributed by atoms with Gasteiger partial charge < -0.3 is 14.8 Å². The largest absolute Gasteiger partial charge is 0.383 e. The van der Waals surface area contributed by atoms with Crippen LogP contribution in [0.15, 0.2) is 9.82 Å². The summed E-state index contributed by atoms with van der Waals surface area (Å²) in [5.41, 5.74) is 2.01. The summed E-state index contributed by atoms with van der Waals surface area (Å²) in [5.74, 6) is 0.195. The Balaban J connectivity index is 1.73. The van der Waals surface area contributed by atoms with Gasteiger partial charge in [0.2, 0.25) is 5.91 Å². The van der Waals surface area contributed by atoms with Crippen LogP contribution in [0.5, 0.6) is 0 Å². The Hall–Kier alpha value is -1.38. The van der Waals surface area contributed by atoms with Crippen LogP contribution < -0.4 is 11.0 Å². The van der Waals surface area contributed by atoms with E-state index in [1.165, 1.54) is 11.8 Å². The van der Waals surface area contributed by atoms with Gasteiger partial charge in [0, 0.05) is 31.5 Å². The summed E-state index contributed by atoms with van der Waals surface area (Å²) < 4.78 is 12.4. The van der Waals surface area contributed by atoms with Gasteiger partial charge in [0.05, 0.1) is 25.0 Å². The van der Waals surface area contributed by atoms with Gasteiger partial charge in [-0.25, -0.2) is 4.79 Å². The molecule has 2 heterocycles. The van der Waals surface area contributed by atoms with Crippen molar-refractivity contribution in [3.05, 3.63) is 21.7 Å². The molecule has 26 heavy (non-hydrogen) atoms. The number of amides is 1. The molecule has 1 saturated heterocycles. The van der Waals surface area contributed by atoms with Crippen molar-refractivity contribution in [3.8, 4) is 0 Å². The number of hydrogen-bond acceptors (Lipinski definition) is 6. The van der Waals surface area contributed by atoms with Crippen molar-refractivity contribution in [3.63, 3.8) is 0 Å². The molecule has 0 aromatic carbocycles. The molecule has 1 fully saturated rings. The molecule has 1 unspecified atom stereocenters. The van der Waals surface area contributed by atoms with Gasteiger partial charge in [0.1, 0.15) is 5.03 Å². The molecule has 1 amide bonds. The summed E-state index contributed by atoms with van der Waals surface area (Å²) in [6, 6.07) is 0. The quantitative estimate of drug-likeness (QED) is 0.413. The average Bonchev–Trinajstić information content (AvgIpc) is 3.16. The Morgan fingerprint density at radius 2 is 2.23 bits per heavy atom. The minimum absolute atomic E-state index is 0.0676. The van der Waals surface area contributed by atoms with E-state index >= 15 is 0 Å². The van der Waals surface area contributed by atoms with Crippen molar-refractivity contribution in [2.45, 2.75) is 56.2 Å². The maximum absolute atomic E-state index is 12.6. The zero-order valence-corrected chi connectivity index (χ0v) is 16.1.